The van der Waals surface area contributed by atoms with Crippen molar-refractivity contribution in [1.82, 2.24) is 10.2 Å². The summed E-state index contributed by atoms with van der Waals surface area (Å²) in [6, 6.07) is 3.35. The van der Waals surface area contributed by atoms with Gasteiger partial charge in [-0.15, -0.1) is 0 Å². The number of carbonyl (C=O) groups excluding carboxylic acids is 2. The lowest BCUT2D eigenvalue weighted by Gasteiger charge is -2.18. The number of likely N-dealkylation sites (N-methyl/N-ethyl adjacent to an activating group) is 1. The average Bonchev–Trinajstić information content (AvgIpc) is 3.00. The summed E-state index contributed by atoms with van der Waals surface area (Å²) < 4.78 is 38.5. The van der Waals surface area contributed by atoms with E-state index in [0.717, 1.165) is 37.8 Å². The first-order valence-electron chi connectivity index (χ1n) is 8.29. The van der Waals surface area contributed by atoms with E-state index in [1.165, 1.54) is 11.0 Å². The summed E-state index contributed by atoms with van der Waals surface area (Å²) in [4.78, 5) is 25.4. The lowest BCUT2D eigenvalue weighted by molar-refractivity contribution is -0.137. The third-order valence-electron chi connectivity index (χ3n) is 4.10. The molecule has 0 aromatic heterocycles. The van der Waals surface area contributed by atoms with Crippen molar-refractivity contribution in [2.24, 2.45) is 0 Å². The molecule has 0 heterocycles. The fourth-order valence-electron chi connectivity index (χ4n) is 2.91. The maximum Gasteiger partial charge on any atom is 0.417 e. The van der Waals surface area contributed by atoms with Gasteiger partial charge in [0.15, 0.2) is 0 Å². The molecule has 0 bridgehead atoms. The number of nitrogens with zero attached hydrogens (tertiary/aromatic N) is 1. The molecule has 5 nitrogen and oxygen atoms in total. The van der Waals surface area contributed by atoms with Gasteiger partial charge in [0.2, 0.25) is 11.8 Å². The highest BCUT2D eigenvalue weighted by molar-refractivity contribution is 6.31. The van der Waals surface area contributed by atoms with Gasteiger partial charge in [0.05, 0.1) is 23.7 Å². The van der Waals surface area contributed by atoms with Gasteiger partial charge in [0, 0.05) is 11.7 Å². The maximum absolute atomic E-state index is 12.8. The van der Waals surface area contributed by atoms with Crippen LogP contribution in [0.15, 0.2) is 18.2 Å². The zero-order valence-electron chi connectivity index (χ0n) is 14.3. The molecule has 9 heteroatoms. The molecule has 1 aliphatic carbocycles. The molecule has 26 heavy (non-hydrogen) atoms. The van der Waals surface area contributed by atoms with Crippen LogP contribution in [0.4, 0.5) is 18.9 Å². The van der Waals surface area contributed by atoms with Crippen molar-refractivity contribution in [3.63, 3.8) is 0 Å². The van der Waals surface area contributed by atoms with Crippen LogP contribution in [0.3, 0.4) is 0 Å². The number of anilines is 1. The molecule has 2 N–H and O–H groups in total. The molecular formula is C17H21ClF3N3O2. The van der Waals surface area contributed by atoms with Gasteiger partial charge in [-0.3, -0.25) is 14.5 Å². The maximum atomic E-state index is 12.8. The third-order valence-corrected chi connectivity index (χ3v) is 4.43. The highest BCUT2D eigenvalue weighted by atomic mass is 35.5. The Morgan fingerprint density at radius 3 is 2.42 bits per heavy atom. The predicted octanol–water partition coefficient (Wildman–Crippen LogP) is 3.29. The van der Waals surface area contributed by atoms with Crippen LogP contribution in [0.5, 0.6) is 0 Å². The van der Waals surface area contributed by atoms with Gasteiger partial charge in [0.1, 0.15) is 0 Å². The van der Waals surface area contributed by atoms with Crippen molar-refractivity contribution in [2.45, 2.75) is 37.9 Å². The van der Waals surface area contributed by atoms with Crippen LogP contribution in [-0.2, 0) is 15.8 Å². The largest absolute Gasteiger partial charge is 0.417 e. The molecule has 1 aromatic rings. The number of carbonyl (C=O) groups is 2. The Morgan fingerprint density at radius 1 is 1.19 bits per heavy atom. The summed E-state index contributed by atoms with van der Waals surface area (Å²) >= 11 is 5.54. The molecule has 0 spiro atoms. The molecular weight excluding hydrogens is 371 g/mol. The smallest absolute Gasteiger partial charge is 0.352 e. The lowest BCUT2D eigenvalue weighted by Crippen LogP contribution is -2.42. The van der Waals surface area contributed by atoms with Crippen molar-refractivity contribution in [3.05, 3.63) is 28.8 Å². The standard InChI is InChI=1S/C17H21ClF3N3O2/c1-24(9-15(25)22-11-4-2-3-5-11)10-16(26)23-12-6-7-14(18)13(8-12)17(19,20)21/h6-8,11H,2-5,9-10H2,1H3,(H,22,25)(H,23,26). The summed E-state index contributed by atoms with van der Waals surface area (Å²) in [6.07, 6.45) is -0.469. The summed E-state index contributed by atoms with van der Waals surface area (Å²) in [5, 5.41) is 4.86. The molecule has 0 aliphatic heterocycles. The van der Waals surface area contributed by atoms with Crippen LogP contribution < -0.4 is 10.6 Å². The van der Waals surface area contributed by atoms with E-state index >= 15 is 0 Å². The first kappa shape index (κ1) is 20.5. The summed E-state index contributed by atoms with van der Waals surface area (Å²) in [6.45, 7) is -0.0829. The van der Waals surface area contributed by atoms with Gasteiger partial charge in [-0.05, 0) is 38.1 Å². The van der Waals surface area contributed by atoms with Crippen molar-refractivity contribution >= 4 is 29.1 Å². The second-order valence-electron chi connectivity index (χ2n) is 6.46. The first-order chi connectivity index (χ1) is 12.1. The van der Waals surface area contributed by atoms with Crippen molar-refractivity contribution in [3.8, 4) is 0 Å². The molecule has 0 saturated heterocycles. The van der Waals surface area contributed by atoms with Crippen LogP contribution in [0.2, 0.25) is 5.02 Å². The minimum atomic E-state index is -4.60. The van der Waals surface area contributed by atoms with Crippen molar-refractivity contribution < 1.29 is 22.8 Å². The number of rotatable bonds is 6. The molecule has 2 rings (SSSR count). The normalized spacial score (nSPS) is 15.3. The second-order valence-corrected chi connectivity index (χ2v) is 6.87. The summed E-state index contributed by atoms with van der Waals surface area (Å²) in [5.74, 6) is -0.685. The monoisotopic (exact) mass is 391 g/mol. The van der Waals surface area contributed by atoms with Crippen LogP contribution >= 0.6 is 11.6 Å². The van der Waals surface area contributed by atoms with Crippen molar-refractivity contribution in [1.29, 1.82) is 0 Å². The molecule has 2 amide bonds. The Bertz CT molecular complexity index is 661. The Morgan fingerprint density at radius 2 is 1.81 bits per heavy atom. The van der Waals surface area contributed by atoms with Crippen LogP contribution in [0.25, 0.3) is 0 Å². The number of halogens is 4. The summed E-state index contributed by atoms with van der Waals surface area (Å²) in [7, 11) is 1.59. The van der Waals surface area contributed by atoms with E-state index in [1.54, 1.807) is 7.05 Å². The van der Waals surface area contributed by atoms with Crippen LogP contribution in [-0.4, -0.2) is 42.9 Å². The van der Waals surface area contributed by atoms with E-state index in [4.69, 9.17) is 11.6 Å². The Kier molecular flexibility index (Phi) is 6.88. The van der Waals surface area contributed by atoms with E-state index in [1.807, 2.05) is 0 Å². The number of hydrogen-bond donors (Lipinski definition) is 2. The van der Waals surface area contributed by atoms with E-state index < -0.39 is 22.7 Å². The minimum Gasteiger partial charge on any atom is -0.352 e. The van der Waals surface area contributed by atoms with E-state index in [2.05, 4.69) is 10.6 Å². The number of benzene rings is 1. The van der Waals surface area contributed by atoms with Crippen LogP contribution in [0.1, 0.15) is 31.2 Å². The fraction of sp³-hybridized carbons (Fsp3) is 0.529. The first-order valence-corrected chi connectivity index (χ1v) is 8.67. The van der Waals surface area contributed by atoms with Gasteiger partial charge in [-0.25, -0.2) is 0 Å². The number of nitrogens with one attached hydrogen (secondary N) is 2. The minimum absolute atomic E-state index is 0.00414. The quantitative estimate of drug-likeness (QED) is 0.782. The molecule has 0 unspecified atom stereocenters. The van der Waals surface area contributed by atoms with Gasteiger partial charge < -0.3 is 10.6 Å². The number of hydrogen-bond acceptors (Lipinski definition) is 3. The Hall–Kier alpha value is -1.80. The second kappa shape index (κ2) is 8.73. The van der Waals surface area contributed by atoms with E-state index in [0.29, 0.717) is 0 Å². The van der Waals surface area contributed by atoms with Crippen LogP contribution in [0, 0.1) is 0 Å². The van der Waals surface area contributed by atoms with Gasteiger partial charge in [0.25, 0.3) is 0 Å². The zero-order chi connectivity index (χ0) is 19.3. The highest BCUT2D eigenvalue weighted by Crippen LogP contribution is 2.36. The fourth-order valence-corrected chi connectivity index (χ4v) is 3.14. The van der Waals surface area contributed by atoms with Gasteiger partial charge in [-0.2, -0.15) is 13.2 Å². The lowest BCUT2D eigenvalue weighted by atomic mass is 10.2. The SMILES string of the molecule is CN(CC(=O)Nc1ccc(Cl)c(C(F)(F)F)c1)CC(=O)NC1CCCC1. The highest BCUT2D eigenvalue weighted by Gasteiger charge is 2.33. The third kappa shape index (κ3) is 6.17. The molecule has 1 aromatic carbocycles. The molecule has 1 aliphatic rings. The Balaban J connectivity index is 1.85. The van der Waals surface area contributed by atoms with Gasteiger partial charge in [-0.1, -0.05) is 24.4 Å². The van der Waals surface area contributed by atoms with Crippen molar-refractivity contribution in [2.75, 3.05) is 25.5 Å². The zero-order valence-corrected chi connectivity index (χ0v) is 15.1. The summed E-state index contributed by atoms with van der Waals surface area (Å²) in [5.41, 5.74) is -1.02. The average molecular weight is 392 g/mol. The Labute approximate surface area is 154 Å². The number of alkyl halides is 3. The molecule has 1 fully saturated rings. The van der Waals surface area contributed by atoms with E-state index in [9.17, 15) is 22.8 Å². The predicted molar refractivity (Wildman–Crippen MR) is 93.0 cm³/mol. The molecule has 0 radical (unpaired) electrons. The van der Waals surface area contributed by atoms with Gasteiger partial charge >= 0.3 is 6.18 Å². The van der Waals surface area contributed by atoms with E-state index in [-0.39, 0.29) is 30.7 Å². The topological polar surface area (TPSA) is 61.4 Å². The molecule has 1 saturated carbocycles. The molecule has 144 valence electrons. The number of amides is 2. The molecule has 0 atom stereocenters.